The Bertz CT molecular complexity index is 1080. The van der Waals surface area contributed by atoms with Crippen molar-refractivity contribution in [2.75, 3.05) is 0 Å². The molecule has 3 heterocycles. The number of carbonyl (C=O) groups is 1. The summed E-state index contributed by atoms with van der Waals surface area (Å²) < 4.78 is 1.35. The molecule has 0 atom stereocenters. The van der Waals surface area contributed by atoms with Crippen molar-refractivity contribution >= 4 is 38.8 Å². The third-order valence-corrected chi connectivity index (χ3v) is 6.66. The number of aryl methyl sites for hydroxylation is 1. The largest absolute Gasteiger partial charge is 0.338 e. The second-order valence-corrected chi connectivity index (χ2v) is 8.55. The lowest BCUT2D eigenvalue weighted by Gasteiger charge is -2.27. The van der Waals surface area contributed by atoms with Crippen molar-refractivity contribution in [1.29, 1.82) is 0 Å². The zero-order chi connectivity index (χ0) is 19.6. The van der Waals surface area contributed by atoms with Crippen LogP contribution in [0.15, 0.2) is 28.6 Å². The van der Waals surface area contributed by atoms with E-state index in [0.29, 0.717) is 23.1 Å². The molecule has 0 fully saturated rings. The number of terminal acetylenes is 1. The molecule has 0 bridgehead atoms. The van der Waals surface area contributed by atoms with Crippen molar-refractivity contribution in [3.05, 3.63) is 39.1 Å². The Kier molecular flexibility index (Phi) is 5.49. The molecule has 0 saturated heterocycles. The zero-order valence-corrected chi connectivity index (χ0v) is 17.2. The van der Waals surface area contributed by atoms with Crippen LogP contribution in [0.3, 0.4) is 0 Å². The van der Waals surface area contributed by atoms with E-state index in [-0.39, 0.29) is 18.0 Å². The molecule has 1 N–H and O–H groups in total. The Hall–Kier alpha value is -2.43. The first-order chi connectivity index (χ1) is 12.9. The molecule has 0 aliphatic carbocycles. The normalized spacial score (nSPS) is 11.5. The van der Waals surface area contributed by atoms with Gasteiger partial charge in [-0.1, -0.05) is 19.8 Å². The highest BCUT2D eigenvalue weighted by molar-refractivity contribution is 7.19. The van der Waals surface area contributed by atoms with Crippen LogP contribution >= 0.6 is 22.7 Å². The van der Waals surface area contributed by atoms with E-state index >= 15 is 0 Å². The van der Waals surface area contributed by atoms with Gasteiger partial charge in [-0.3, -0.25) is 14.2 Å². The number of aromatic nitrogens is 2. The number of hydrogen-bond acceptors (Lipinski definition) is 5. The van der Waals surface area contributed by atoms with E-state index in [1.54, 1.807) is 11.3 Å². The monoisotopic (exact) mass is 399 g/mol. The van der Waals surface area contributed by atoms with Crippen molar-refractivity contribution in [3.63, 3.8) is 0 Å². The molecule has 3 aromatic heterocycles. The van der Waals surface area contributed by atoms with Crippen molar-refractivity contribution in [2.45, 2.75) is 45.7 Å². The van der Waals surface area contributed by atoms with Gasteiger partial charge in [-0.25, -0.2) is 4.98 Å². The maximum atomic E-state index is 13.0. The summed E-state index contributed by atoms with van der Waals surface area (Å²) in [7, 11) is 0. The molecular formula is C20H21N3O2S2. The molecule has 0 aliphatic rings. The highest BCUT2D eigenvalue weighted by Gasteiger charge is 2.25. The number of thiophene rings is 2. The van der Waals surface area contributed by atoms with Gasteiger partial charge in [-0.2, -0.15) is 0 Å². The van der Waals surface area contributed by atoms with Gasteiger partial charge >= 0.3 is 0 Å². The van der Waals surface area contributed by atoms with E-state index in [1.807, 2.05) is 38.3 Å². The Morgan fingerprint density at radius 2 is 2.11 bits per heavy atom. The molecule has 5 nitrogen and oxygen atoms in total. The highest BCUT2D eigenvalue weighted by Crippen LogP contribution is 2.34. The highest BCUT2D eigenvalue weighted by atomic mass is 32.1. The quantitative estimate of drug-likeness (QED) is 0.641. The predicted octanol–water partition coefficient (Wildman–Crippen LogP) is 3.80. The Balaban J connectivity index is 1.95. The third kappa shape index (κ3) is 3.68. The summed E-state index contributed by atoms with van der Waals surface area (Å²) in [6, 6.07) is 4.04. The van der Waals surface area contributed by atoms with Crippen LogP contribution < -0.4 is 10.9 Å². The standard InChI is InChI=1S/C20H21N3O2S2/c1-5-20(6-2,7-3)22-16(24)10-23-12-21-18-17(19(23)25)14(11-26-18)15-9-8-13(4)27-15/h1,8-9,11-12H,6-7,10H2,2-4H3,(H,22,24). The lowest BCUT2D eigenvalue weighted by molar-refractivity contribution is -0.123. The third-order valence-electron chi connectivity index (χ3n) is 4.74. The van der Waals surface area contributed by atoms with E-state index < -0.39 is 5.54 Å². The Morgan fingerprint density at radius 1 is 1.37 bits per heavy atom. The average Bonchev–Trinajstić information content (AvgIpc) is 3.28. The van der Waals surface area contributed by atoms with Crippen LogP contribution in [-0.4, -0.2) is 21.0 Å². The SMILES string of the molecule is C#CC(CC)(CC)NC(=O)Cn1cnc2scc(-c3ccc(C)s3)c2c1=O. The first kappa shape index (κ1) is 19.3. The molecule has 140 valence electrons. The average molecular weight is 400 g/mol. The first-order valence-electron chi connectivity index (χ1n) is 8.75. The fourth-order valence-electron chi connectivity index (χ4n) is 2.97. The van der Waals surface area contributed by atoms with Crippen LogP contribution in [0, 0.1) is 19.3 Å². The molecule has 3 rings (SSSR count). The molecular weight excluding hydrogens is 378 g/mol. The van der Waals surface area contributed by atoms with Crippen molar-refractivity contribution in [3.8, 4) is 22.8 Å². The topological polar surface area (TPSA) is 64.0 Å². The summed E-state index contributed by atoms with van der Waals surface area (Å²) in [6.07, 6.45) is 8.29. The van der Waals surface area contributed by atoms with Crippen LogP contribution in [0.4, 0.5) is 0 Å². The van der Waals surface area contributed by atoms with Gasteiger partial charge < -0.3 is 5.32 Å². The number of fused-ring (bicyclic) bond motifs is 1. The van der Waals surface area contributed by atoms with Gasteiger partial charge in [0.25, 0.3) is 5.56 Å². The van der Waals surface area contributed by atoms with Gasteiger partial charge in [-0.15, -0.1) is 29.1 Å². The van der Waals surface area contributed by atoms with E-state index in [9.17, 15) is 9.59 Å². The molecule has 0 spiro atoms. The summed E-state index contributed by atoms with van der Waals surface area (Å²) in [4.78, 5) is 32.8. The molecule has 0 unspecified atom stereocenters. The second-order valence-electron chi connectivity index (χ2n) is 6.40. The van der Waals surface area contributed by atoms with E-state index in [4.69, 9.17) is 6.42 Å². The zero-order valence-electron chi connectivity index (χ0n) is 15.5. The fraction of sp³-hybridized carbons (Fsp3) is 0.350. The summed E-state index contributed by atoms with van der Waals surface area (Å²) in [6.45, 7) is 5.79. The smallest absolute Gasteiger partial charge is 0.263 e. The van der Waals surface area contributed by atoms with Gasteiger partial charge in [0.05, 0.1) is 11.7 Å². The molecule has 0 aromatic carbocycles. The van der Waals surface area contributed by atoms with Gasteiger partial charge in [-0.05, 0) is 31.9 Å². The van der Waals surface area contributed by atoms with Crippen molar-refractivity contribution in [2.24, 2.45) is 0 Å². The lowest BCUT2D eigenvalue weighted by Crippen LogP contribution is -2.48. The minimum atomic E-state index is -0.680. The van der Waals surface area contributed by atoms with Crippen LogP contribution in [0.1, 0.15) is 31.6 Å². The summed E-state index contributed by atoms with van der Waals surface area (Å²) in [5.74, 6) is 2.38. The Morgan fingerprint density at radius 3 is 2.70 bits per heavy atom. The molecule has 3 aromatic rings. The Labute approximate surface area is 166 Å². The van der Waals surface area contributed by atoms with E-state index in [0.717, 1.165) is 10.4 Å². The van der Waals surface area contributed by atoms with E-state index in [1.165, 1.54) is 27.1 Å². The predicted molar refractivity (Wildman–Crippen MR) is 112 cm³/mol. The van der Waals surface area contributed by atoms with Crippen LogP contribution in [0.5, 0.6) is 0 Å². The minimum Gasteiger partial charge on any atom is -0.338 e. The maximum Gasteiger partial charge on any atom is 0.263 e. The van der Waals surface area contributed by atoms with Crippen LogP contribution in [-0.2, 0) is 11.3 Å². The second kappa shape index (κ2) is 7.67. The number of hydrogen-bond donors (Lipinski definition) is 1. The van der Waals surface area contributed by atoms with Crippen LogP contribution in [0.25, 0.3) is 20.7 Å². The molecule has 0 saturated carbocycles. The fourth-order valence-corrected chi connectivity index (χ4v) is 4.83. The van der Waals surface area contributed by atoms with Gasteiger partial charge in [0.1, 0.15) is 16.9 Å². The summed E-state index contributed by atoms with van der Waals surface area (Å²) in [5.41, 5.74) is -0.0162. The summed E-state index contributed by atoms with van der Waals surface area (Å²) >= 11 is 3.07. The lowest BCUT2D eigenvalue weighted by atomic mass is 9.94. The van der Waals surface area contributed by atoms with Gasteiger partial charge in [0.2, 0.25) is 5.91 Å². The molecule has 0 radical (unpaired) electrons. The number of carbonyl (C=O) groups excluding carboxylic acids is 1. The van der Waals surface area contributed by atoms with Gasteiger partial charge in [0.15, 0.2) is 0 Å². The van der Waals surface area contributed by atoms with Crippen molar-refractivity contribution < 1.29 is 4.79 Å². The molecule has 0 aliphatic heterocycles. The molecule has 7 heteroatoms. The van der Waals surface area contributed by atoms with Crippen molar-refractivity contribution in [1.82, 2.24) is 14.9 Å². The summed E-state index contributed by atoms with van der Waals surface area (Å²) in [5, 5.41) is 5.40. The van der Waals surface area contributed by atoms with Gasteiger partial charge in [0, 0.05) is 20.7 Å². The number of nitrogens with one attached hydrogen (secondary N) is 1. The first-order valence-corrected chi connectivity index (χ1v) is 10.4. The number of amides is 1. The maximum absolute atomic E-state index is 13.0. The minimum absolute atomic E-state index is 0.107. The molecule has 27 heavy (non-hydrogen) atoms. The number of rotatable bonds is 6. The van der Waals surface area contributed by atoms with E-state index in [2.05, 4.69) is 16.2 Å². The van der Waals surface area contributed by atoms with Crippen LogP contribution in [0.2, 0.25) is 0 Å². The number of nitrogens with zero attached hydrogens (tertiary/aromatic N) is 2. The molecule has 1 amide bonds.